The van der Waals surface area contributed by atoms with Gasteiger partial charge in [-0.3, -0.25) is 9.69 Å². The van der Waals surface area contributed by atoms with Crippen LogP contribution in [0.5, 0.6) is 0 Å². The number of likely N-dealkylation sites (tertiary alicyclic amines) is 1. The predicted octanol–water partition coefficient (Wildman–Crippen LogP) is 3.84. The molecule has 0 bridgehead atoms. The Bertz CT molecular complexity index is 391. The van der Waals surface area contributed by atoms with Crippen molar-refractivity contribution in [2.75, 3.05) is 6.54 Å². The molecule has 94 valence electrons. The third-order valence-electron chi connectivity index (χ3n) is 3.26. The van der Waals surface area contributed by atoms with Crippen molar-refractivity contribution in [3.63, 3.8) is 0 Å². The van der Waals surface area contributed by atoms with Crippen molar-refractivity contribution >= 4 is 33.0 Å². The highest BCUT2D eigenvalue weighted by Gasteiger charge is 2.23. The molecule has 1 aromatic heterocycles. The normalized spacial score (nSPS) is 21.6. The topological polar surface area (TPSA) is 20.3 Å². The molecule has 17 heavy (non-hydrogen) atoms. The van der Waals surface area contributed by atoms with E-state index < -0.39 is 0 Å². The largest absolute Gasteiger partial charge is 0.300 e. The number of halogens is 1. The average Bonchev–Trinajstić information content (AvgIpc) is 2.66. The summed E-state index contributed by atoms with van der Waals surface area (Å²) in [4.78, 5) is 15.1. The van der Waals surface area contributed by atoms with E-state index in [1.54, 1.807) is 18.3 Å². The fraction of sp³-hybridized carbons (Fsp3) is 0.615. The first-order chi connectivity index (χ1) is 8.15. The van der Waals surface area contributed by atoms with Gasteiger partial charge in [0.15, 0.2) is 0 Å². The van der Waals surface area contributed by atoms with Crippen molar-refractivity contribution in [1.82, 2.24) is 4.90 Å². The van der Waals surface area contributed by atoms with E-state index >= 15 is 0 Å². The highest BCUT2D eigenvalue weighted by Crippen LogP contribution is 2.27. The summed E-state index contributed by atoms with van der Waals surface area (Å²) in [6.07, 6.45) is 4.42. The van der Waals surface area contributed by atoms with Crippen LogP contribution in [0.1, 0.15) is 37.5 Å². The van der Waals surface area contributed by atoms with Crippen LogP contribution in [-0.4, -0.2) is 23.3 Å². The number of rotatable bonds is 4. The summed E-state index contributed by atoms with van der Waals surface area (Å²) in [6.45, 7) is 3.83. The smallest absolute Gasteiger partial charge is 0.131 e. The first-order valence-electron chi connectivity index (χ1n) is 6.13. The number of thiophene rings is 1. The van der Waals surface area contributed by atoms with Crippen molar-refractivity contribution in [3.05, 3.63) is 20.8 Å². The number of ketones is 1. The molecule has 0 aromatic carbocycles. The molecule has 1 aliphatic rings. The van der Waals surface area contributed by atoms with E-state index in [2.05, 4.69) is 33.0 Å². The number of carbonyl (C=O) groups is 1. The summed E-state index contributed by atoms with van der Waals surface area (Å²) < 4.78 is 1.19. The molecule has 1 unspecified atom stereocenters. The van der Waals surface area contributed by atoms with E-state index in [0.29, 0.717) is 18.2 Å². The lowest BCUT2D eigenvalue weighted by molar-refractivity contribution is -0.118. The molecule has 2 heterocycles. The fourth-order valence-electron chi connectivity index (χ4n) is 2.47. The first-order valence-corrected chi connectivity index (χ1v) is 7.74. The van der Waals surface area contributed by atoms with E-state index in [4.69, 9.17) is 0 Å². The third-order valence-corrected chi connectivity index (χ3v) is 4.87. The van der Waals surface area contributed by atoms with E-state index in [1.807, 2.05) is 0 Å². The number of hydrogen-bond acceptors (Lipinski definition) is 3. The highest BCUT2D eigenvalue weighted by atomic mass is 79.9. The van der Waals surface area contributed by atoms with Crippen molar-refractivity contribution in [1.29, 1.82) is 0 Å². The van der Waals surface area contributed by atoms with Crippen molar-refractivity contribution < 1.29 is 4.79 Å². The second-order valence-electron chi connectivity index (χ2n) is 4.73. The number of Topliss-reactive ketones (excluding diaryl/α,β-unsaturated/α-hetero) is 1. The molecule has 2 rings (SSSR count). The first kappa shape index (κ1) is 13.2. The van der Waals surface area contributed by atoms with E-state index in [1.165, 1.54) is 27.9 Å². The lowest BCUT2D eigenvalue weighted by Gasteiger charge is -2.34. The minimum absolute atomic E-state index is 0.314. The van der Waals surface area contributed by atoms with Crippen LogP contribution < -0.4 is 0 Å². The minimum atomic E-state index is 0.314. The lowest BCUT2D eigenvalue weighted by atomic mass is 9.98. The maximum absolute atomic E-state index is 11.3. The van der Waals surface area contributed by atoms with Gasteiger partial charge in [0.05, 0.1) is 3.79 Å². The van der Waals surface area contributed by atoms with Gasteiger partial charge in [0.2, 0.25) is 0 Å². The Labute approximate surface area is 115 Å². The summed E-state index contributed by atoms with van der Waals surface area (Å²) in [5, 5.41) is 0. The van der Waals surface area contributed by atoms with Gasteiger partial charge < -0.3 is 0 Å². The standard InChI is InChI=1S/C13H18BrNOS/c1-10(16)8-11-4-2-3-7-15(11)9-12-5-6-13(14)17-12/h5-6,11H,2-4,7-9H2,1H3. The van der Waals surface area contributed by atoms with Crippen LogP contribution in [0.25, 0.3) is 0 Å². The maximum atomic E-state index is 11.3. The van der Waals surface area contributed by atoms with Gasteiger partial charge >= 0.3 is 0 Å². The average molecular weight is 316 g/mol. The second-order valence-corrected chi connectivity index (χ2v) is 7.28. The summed E-state index contributed by atoms with van der Waals surface area (Å²) in [6, 6.07) is 4.74. The lowest BCUT2D eigenvalue weighted by Crippen LogP contribution is -2.39. The summed E-state index contributed by atoms with van der Waals surface area (Å²) in [5.74, 6) is 0.314. The second kappa shape index (κ2) is 6.12. The van der Waals surface area contributed by atoms with Crippen LogP contribution in [0.3, 0.4) is 0 Å². The van der Waals surface area contributed by atoms with E-state index in [0.717, 1.165) is 13.1 Å². The molecular weight excluding hydrogens is 298 g/mol. The monoisotopic (exact) mass is 315 g/mol. The quantitative estimate of drug-likeness (QED) is 0.841. The molecule has 1 fully saturated rings. The molecule has 1 atom stereocenters. The molecule has 4 heteroatoms. The molecule has 1 aromatic rings. The molecule has 0 spiro atoms. The summed E-state index contributed by atoms with van der Waals surface area (Å²) in [5.41, 5.74) is 0. The molecule has 0 N–H and O–H groups in total. The molecule has 1 aliphatic heterocycles. The van der Waals surface area contributed by atoms with Gasteiger partial charge in [0.1, 0.15) is 5.78 Å². The Balaban J connectivity index is 1.98. The molecule has 0 saturated carbocycles. The van der Waals surface area contributed by atoms with Crippen LogP contribution >= 0.6 is 27.3 Å². The predicted molar refractivity (Wildman–Crippen MR) is 75.4 cm³/mol. The fourth-order valence-corrected chi connectivity index (χ4v) is 3.98. The molecule has 0 amide bonds. The SMILES string of the molecule is CC(=O)CC1CCCCN1Cc1ccc(Br)s1. The van der Waals surface area contributed by atoms with E-state index in [9.17, 15) is 4.79 Å². The van der Waals surface area contributed by atoms with Crippen LogP contribution in [0.2, 0.25) is 0 Å². The van der Waals surface area contributed by atoms with Gasteiger partial charge in [-0.2, -0.15) is 0 Å². The van der Waals surface area contributed by atoms with Crippen molar-refractivity contribution in [3.8, 4) is 0 Å². The van der Waals surface area contributed by atoms with Gasteiger partial charge in [0, 0.05) is 23.9 Å². The van der Waals surface area contributed by atoms with Crippen LogP contribution in [0.4, 0.5) is 0 Å². The maximum Gasteiger partial charge on any atom is 0.131 e. The van der Waals surface area contributed by atoms with Crippen LogP contribution in [-0.2, 0) is 11.3 Å². The van der Waals surface area contributed by atoms with Gasteiger partial charge in [0.25, 0.3) is 0 Å². The number of piperidine rings is 1. The highest BCUT2D eigenvalue weighted by molar-refractivity contribution is 9.11. The van der Waals surface area contributed by atoms with Gasteiger partial charge in [-0.1, -0.05) is 6.42 Å². The Kier molecular flexibility index (Phi) is 4.77. The number of hydrogen-bond donors (Lipinski definition) is 0. The van der Waals surface area contributed by atoms with Gasteiger partial charge in [-0.25, -0.2) is 0 Å². The van der Waals surface area contributed by atoms with Gasteiger partial charge in [-0.15, -0.1) is 11.3 Å². The van der Waals surface area contributed by atoms with E-state index in [-0.39, 0.29) is 0 Å². The molecule has 2 nitrogen and oxygen atoms in total. The van der Waals surface area contributed by atoms with Gasteiger partial charge in [-0.05, 0) is 54.4 Å². The molecule has 1 saturated heterocycles. The Morgan fingerprint density at radius 1 is 1.53 bits per heavy atom. The molecule has 0 aliphatic carbocycles. The zero-order valence-corrected chi connectivity index (χ0v) is 12.5. The zero-order valence-electron chi connectivity index (χ0n) is 10.1. The summed E-state index contributed by atoms with van der Waals surface area (Å²) >= 11 is 5.29. The van der Waals surface area contributed by atoms with Crippen molar-refractivity contribution in [2.45, 2.75) is 45.2 Å². The number of nitrogens with zero attached hydrogens (tertiary/aromatic N) is 1. The molecule has 0 radical (unpaired) electrons. The molecular formula is C13H18BrNOS. The zero-order chi connectivity index (χ0) is 12.3. The Morgan fingerprint density at radius 2 is 2.35 bits per heavy atom. The minimum Gasteiger partial charge on any atom is -0.300 e. The van der Waals surface area contributed by atoms with Crippen molar-refractivity contribution in [2.24, 2.45) is 0 Å². The summed E-state index contributed by atoms with van der Waals surface area (Å²) in [7, 11) is 0. The Morgan fingerprint density at radius 3 is 3.00 bits per heavy atom. The number of carbonyl (C=O) groups excluding carboxylic acids is 1. The third kappa shape index (κ3) is 3.90. The Hall–Kier alpha value is -0.190. The van der Waals surface area contributed by atoms with Crippen LogP contribution in [0, 0.1) is 0 Å². The van der Waals surface area contributed by atoms with Crippen LogP contribution in [0.15, 0.2) is 15.9 Å².